The molecule has 0 atom stereocenters. The zero-order chi connectivity index (χ0) is 24.3. The number of anilines is 1. The number of amides is 1. The molecule has 3 rings (SSSR count). The zero-order valence-electron chi connectivity index (χ0n) is 16.8. The Bertz CT molecular complexity index is 1150. The average Bonchev–Trinajstić information content (AvgIpc) is 3.00. The van der Waals surface area contributed by atoms with Crippen LogP contribution in [0.3, 0.4) is 0 Å². The van der Waals surface area contributed by atoms with Gasteiger partial charge >= 0.3 is 12.1 Å². The van der Waals surface area contributed by atoms with Crippen molar-refractivity contribution in [2.45, 2.75) is 13.1 Å². The highest BCUT2D eigenvalue weighted by Crippen LogP contribution is 2.41. The standard InChI is InChI=1S/C21H15ClF3NO5S2/c1-2-30-16-7-11(3-6-15(16)31-10-18(27)28)8-17-19(29)26(20(32)33-17)12-4-5-14(22)13(9-12)21(23,24)25/h3-9H,2,10H2,1H3,(H,27,28)/b17-8+. The maximum absolute atomic E-state index is 13.2. The second kappa shape index (κ2) is 10.0. The van der Waals surface area contributed by atoms with Gasteiger partial charge in [0.15, 0.2) is 22.4 Å². The van der Waals surface area contributed by atoms with Crippen molar-refractivity contribution in [2.24, 2.45) is 0 Å². The van der Waals surface area contributed by atoms with Gasteiger partial charge in [0, 0.05) is 0 Å². The van der Waals surface area contributed by atoms with E-state index in [1.54, 1.807) is 19.1 Å². The topological polar surface area (TPSA) is 76.1 Å². The Kier molecular flexibility index (Phi) is 7.55. The zero-order valence-corrected chi connectivity index (χ0v) is 19.2. The highest BCUT2D eigenvalue weighted by molar-refractivity contribution is 8.27. The van der Waals surface area contributed by atoms with Crippen molar-refractivity contribution in [3.05, 3.63) is 57.5 Å². The first-order chi connectivity index (χ1) is 15.5. The average molecular weight is 518 g/mol. The van der Waals surface area contributed by atoms with Crippen LogP contribution in [-0.4, -0.2) is 34.5 Å². The van der Waals surface area contributed by atoms with Gasteiger partial charge in [-0.1, -0.05) is 41.6 Å². The monoisotopic (exact) mass is 517 g/mol. The molecule has 1 saturated heterocycles. The Morgan fingerprint density at radius 2 is 1.94 bits per heavy atom. The second-order valence-corrected chi connectivity index (χ2v) is 8.58. The Morgan fingerprint density at radius 3 is 2.58 bits per heavy atom. The molecule has 0 unspecified atom stereocenters. The number of hydrogen-bond acceptors (Lipinski definition) is 6. The van der Waals surface area contributed by atoms with Gasteiger partial charge in [-0.05, 0) is 48.9 Å². The van der Waals surface area contributed by atoms with Crippen molar-refractivity contribution in [3.63, 3.8) is 0 Å². The molecule has 0 aliphatic carbocycles. The number of benzene rings is 2. The summed E-state index contributed by atoms with van der Waals surface area (Å²) in [5.74, 6) is -1.26. The van der Waals surface area contributed by atoms with Crippen molar-refractivity contribution < 1.29 is 37.3 Å². The molecule has 2 aromatic rings. The molecule has 0 radical (unpaired) electrons. The normalized spacial score (nSPS) is 15.3. The third-order valence-corrected chi connectivity index (χ3v) is 5.86. The van der Waals surface area contributed by atoms with E-state index in [-0.39, 0.29) is 33.0 Å². The molecule has 2 aromatic carbocycles. The quantitative estimate of drug-likeness (QED) is 0.377. The third-order valence-electron chi connectivity index (χ3n) is 4.22. The minimum Gasteiger partial charge on any atom is -0.490 e. The SMILES string of the molecule is CCOc1cc(/C=C2/SC(=S)N(c3ccc(Cl)c(C(F)(F)F)c3)C2=O)ccc1OCC(=O)O. The first-order valence-corrected chi connectivity index (χ1v) is 10.9. The van der Waals surface area contributed by atoms with E-state index in [9.17, 15) is 22.8 Å². The summed E-state index contributed by atoms with van der Waals surface area (Å²) < 4.78 is 50.4. The second-order valence-electron chi connectivity index (χ2n) is 6.50. The van der Waals surface area contributed by atoms with Gasteiger partial charge < -0.3 is 14.6 Å². The van der Waals surface area contributed by atoms with Gasteiger partial charge in [-0.15, -0.1) is 0 Å². The smallest absolute Gasteiger partial charge is 0.417 e. The number of aliphatic carboxylic acids is 1. The highest BCUT2D eigenvalue weighted by atomic mass is 35.5. The number of hydrogen-bond donors (Lipinski definition) is 1. The molecular formula is C21H15ClF3NO5S2. The van der Waals surface area contributed by atoms with Crippen molar-refractivity contribution in [1.82, 2.24) is 0 Å². The van der Waals surface area contributed by atoms with Crippen LogP contribution >= 0.6 is 35.6 Å². The van der Waals surface area contributed by atoms with Crippen molar-refractivity contribution in [2.75, 3.05) is 18.1 Å². The number of carboxylic acid groups (broad SMARTS) is 1. The van der Waals surface area contributed by atoms with Crippen LogP contribution in [0.1, 0.15) is 18.1 Å². The fraction of sp³-hybridized carbons (Fsp3) is 0.190. The number of halogens is 4. The van der Waals surface area contributed by atoms with Gasteiger partial charge in [0.1, 0.15) is 0 Å². The molecular weight excluding hydrogens is 503 g/mol. The summed E-state index contributed by atoms with van der Waals surface area (Å²) in [6.45, 7) is 1.46. The van der Waals surface area contributed by atoms with E-state index in [1.165, 1.54) is 18.2 Å². The number of nitrogens with zero attached hydrogens (tertiary/aromatic N) is 1. The van der Waals surface area contributed by atoms with Gasteiger partial charge in [0.25, 0.3) is 5.91 Å². The Morgan fingerprint density at radius 1 is 1.21 bits per heavy atom. The molecule has 1 fully saturated rings. The van der Waals surface area contributed by atoms with E-state index in [1.807, 2.05) is 0 Å². The van der Waals surface area contributed by atoms with E-state index in [2.05, 4.69) is 0 Å². The Hall–Kier alpha value is -2.76. The fourth-order valence-electron chi connectivity index (χ4n) is 2.85. The predicted octanol–water partition coefficient (Wildman–Crippen LogP) is 5.63. The molecule has 0 bridgehead atoms. The van der Waals surface area contributed by atoms with E-state index >= 15 is 0 Å². The summed E-state index contributed by atoms with van der Waals surface area (Å²) >= 11 is 11.8. The van der Waals surface area contributed by atoms with E-state index < -0.39 is 35.2 Å². The number of thiocarbonyl (C=S) groups is 1. The third kappa shape index (κ3) is 5.79. The van der Waals surface area contributed by atoms with E-state index in [0.29, 0.717) is 5.56 Å². The number of rotatable bonds is 7. The van der Waals surface area contributed by atoms with Crippen LogP contribution in [0.15, 0.2) is 41.3 Å². The maximum Gasteiger partial charge on any atom is 0.417 e. The summed E-state index contributed by atoms with van der Waals surface area (Å²) in [5, 5.41) is 8.30. The highest BCUT2D eigenvalue weighted by Gasteiger charge is 2.37. The lowest BCUT2D eigenvalue weighted by Crippen LogP contribution is -2.27. The lowest BCUT2D eigenvalue weighted by Gasteiger charge is -2.17. The molecule has 33 heavy (non-hydrogen) atoms. The van der Waals surface area contributed by atoms with Crippen LogP contribution in [0.2, 0.25) is 5.02 Å². The van der Waals surface area contributed by atoms with Crippen molar-refractivity contribution >= 4 is 63.5 Å². The number of alkyl halides is 3. The number of thioether (sulfide) groups is 1. The van der Waals surface area contributed by atoms with Crippen LogP contribution in [-0.2, 0) is 15.8 Å². The van der Waals surface area contributed by atoms with Gasteiger partial charge in [0.05, 0.1) is 27.8 Å². The first-order valence-electron chi connectivity index (χ1n) is 9.27. The predicted molar refractivity (Wildman–Crippen MR) is 123 cm³/mol. The summed E-state index contributed by atoms with van der Waals surface area (Å²) in [6, 6.07) is 7.75. The molecule has 0 saturated carbocycles. The van der Waals surface area contributed by atoms with Crippen LogP contribution < -0.4 is 14.4 Å². The molecule has 1 aliphatic heterocycles. The van der Waals surface area contributed by atoms with Gasteiger partial charge in [-0.3, -0.25) is 9.69 Å². The summed E-state index contributed by atoms with van der Waals surface area (Å²) in [7, 11) is 0. The summed E-state index contributed by atoms with van der Waals surface area (Å²) in [4.78, 5) is 24.9. The minimum absolute atomic E-state index is 0.0509. The first kappa shape index (κ1) is 24.9. The number of ether oxygens (including phenoxy) is 2. The lowest BCUT2D eigenvalue weighted by molar-refractivity contribution is -0.139. The van der Waals surface area contributed by atoms with Crippen molar-refractivity contribution in [1.29, 1.82) is 0 Å². The lowest BCUT2D eigenvalue weighted by atomic mass is 10.1. The van der Waals surface area contributed by atoms with Gasteiger partial charge in [-0.25, -0.2) is 4.79 Å². The largest absolute Gasteiger partial charge is 0.490 e. The van der Waals surface area contributed by atoms with Crippen LogP contribution in [0.5, 0.6) is 11.5 Å². The maximum atomic E-state index is 13.2. The van der Waals surface area contributed by atoms with Crippen LogP contribution in [0.4, 0.5) is 18.9 Å². The van der Waals surface area contributed by atoms with Gasteiger partial charge in [0.2, 0.25) is 0 Å². The molecule has 1 aliphatic rings. The summed E-state index contributed by atoms with van der Waals surface area (Å²) in [6.07, 6.45) is -3.19. The number of carbonyl (C=O) groups excluding carboxylic acids is 1. The van der Waals surface area contributed by atoms with Crippen LogP contribution in [0, 0.1) is 0 Å². The van der Waals surface area contributed by atoms with Gasteiger partial charge in [-0.2, -0.15) is 13.2 Å². The Labute approximate surface area is 200 Å². The number of carbonyl (C=O) groups is 2. The molecule has 1 N–H and O–H groups in total. The van der Waals surface area contributed by atoms with E-state index in [0.717, 1.165) is 28.8 Å². The Balaban J connectivity index is 1.91. The fourth-order valence-corrected chi connectivity index (χ4v) is 4.38. The molecule has 174 valence electrons. The molecule has 12 heteroatoms. The molecule has 1 amide bonds. The van der Waals surface area contributed by atoms with Crippen molar-refractivity contribution in [3.8, 4) is 11.5 Å². The molecule has 6 nitrogen and oxygen atoms in total. The molecule has 0 aromatic heterocycles. The minimum atomic E-state index is -4.69. The molecule has 0 spiro atoms. The number of carboxylic acids is 1. The molecule has 1 heterocycles. The van der Waals surface area contributed by atoms with E-state index in [4.69, 9.17) is 38.4 Å². The summed E-state index contributed by atoms with van der Waals surface area (Å²) in [5.41, 5.74) is -0.600. The van der Waals surface area contributed by atoms with Crippen LogP contribution in [0.25, 0.3) is 6.08 Å².